The van der Waals surface area contributed by atoms with Crippen molar-refractivity contribution in [3.05, 3.63) is 66.7 Å². The van der Waals surface area contributed by atoms with Crippen molar-refractivity contribution in [1.29, 1.82) is 0 Å². The molecular weight excluding hydrogens is 386 g/mol. The molecule has 24 heavy (non-hydrogen) atoms. The molecule has 0 amide bonds. The van der Waals surface area contributed by atoms with Crippen LogP contribution in [-0.4, -0.2) is 25.0 Å². The lowest BCUT2D eigenvalue weighted by molar-refractivity contribution is -0.394. The van der Waals surface area contributed by atoms with Gasteiger partial charge in [0.05, 0.1) is 15.9 Å². The highest BCUT2D eigenvalue weighted by Gasteiger charge is 2.17. The zero-order chi connectivity index (χ0) is 17.3. The maximum absolute atomic E-state index is 10.9. The second-order valence-electron chi connectivity index (χ2n) is 4.74. The fourth-order valence-electron chi connectivity index (χ4n) is 2.05. The van der Waals surface area contributed by atoms with E-state index in [9.17, 15) is 20.2 Å². The fraction of sp³-hybridized carbons (Fsp3) is 0.0769. The first-order valence-electron chi connectivity index (χ1n) is 6.51. The van der Waals surface area contributed by atoms with Crippen LogP contribution in [0.1, 0.15) is 5.56 Å². The van der Waals surface area contributed by atoms with E-state index in [4.69, 9.17) is 4.84 Å². The first-order chi connectivity index (χ1) is 11.4. The van der Waals surface area contributed by atoms with Gasteiger partial charge in [-0.2, -0.15) is 0 Å². The number of nitrogens with zero attached hydrogens (tertiary/aromatic N) is 5. The molecular formula is C13H8BrN5O5. The highest BCUT2D eigenvalue weighted by atomic mass is 79.9. The Bertz CT molecular complexity index is 925. The van der Waals surface area contributed by atoms with E-state index < -0.39 is 9.85 Å². The van der Waals surface area contributed by atoms with Crippen molar-refractivity contribution in [2.24, 2.45) is 0 Å². The van der Waals surface area contributed by atoms with E-state index >= 15 is 0 Å². The number of halogens is 1. The van der Waals surface area contributed by atoms with E-state index in [1.807, 2.05) is 0 Å². The lowest BCUT2D eigenvalue weighted by Gasteiger charge is -2.06. The predicted molar refractivity (Wildman–Crippen MR) is 85.3 cm³/mol. The maximum atomic E-state index is 10.9. The summed E-state index contributed by atoms with van der Waals surface area (Å²) < 4.78 is 0.799. The van der Waals surface area contributed by atoms with Gasteiger partial charge in [-0.1, -0.05) is 20.8 Å². The fourth-order valence-corrected chi connectivity index (χ4v) is 2.40. The van der Waals surface area contributed by atoms with Gasteiger partial charge >= 0.3 is 0 Å². The molecule has 0 saturated heterocycles. The minimum Gasteiger partial charge on any atom is -0.390 e. The van der Waals surface area contributed by atoms with Crippen LogP contribution in [0.15, 0.2) is 40.9 Å². The van der Waals surface area contributed by atoms with Crippen molar-refractivity contribution in [2.45, 2.75) is 6.61 Å². The second-order valence-corrected chi connectivity index (χ2v) is 5.66. The van der Waals surface area contributed by atoms with Gasteiger partial charge in [0, 0.05) is 22.2 Å². The quantitative estimate of drug-likeness (QED) is 0.481. The average molecular weight is 394 g/mol. The van der Waals surface area contributed by atoms with E-state index in [0.717, 1.165) is 15.4 Å². The highest BCUT2D eigenvalue weighted by Crippen LogP contribution is 2.23. The van der Waals surface area contributed by atoms with Crippen LogP contribution in [-0.2, 0) is 6.61 Å². The zero-order valence-corrected chi connectivity index (χ0v) is 13.4. The van der Waals surface area contributed by atoms with E-state index in [0.29, 0.717) is 11.0 Å². The Labute approximate surface area is 142 Å². The Morgan fingerprint density at radius 3 is 2.38 bits per heavy atom. The standard InChI is InChI=1S/C13H8BrN5O5/c14-9-1-2-12-13(5-9)17(16-15-12)24-7-8-3-10(18(20)21)6-11(4-8)19(22)23/h1-6H,7H2. The summed E-state index contributed by atoms with van der Waals surface area (Å²) in [6.45, 7) is -0.145. The highest BCUT2D eigenvalue weighted by molar-refractivity contribution is 9.10. The van der Waals surface area contributed by atoms with Crippen LogP contribution in [0.5, 0.6) is 0 Å². The Kier molecular flexibility index (Phi) is 4.08. The van der Waals surface area contributed by atoms with Gasteiger partial charge in [-0.05, 0) is 23.4 Å². The van der Waals surface area contributed by atoms with Crippen molar-refractivity contribution in [3.63, 3.8) is 0 Å². The molecule has 1 aromatic heterocycles. The molecule has 10 nitrogen and oxygen atoms in total. The van der Waals surface area contributed by atoms with Gasteiger partial charge in [0.1, 0.15) is 17.6 Å². The van der Waals surface area contributed by atoms with Gasteiger partial charge in [0.25, 0.3) is 11.4 Å². The van der Waals surface area contributed by atoms with Crippen LogP contribution in [0.25, 0.3) is 11.0 Å². The average Bonchev–Trinajstić information content (AvgIpc) is 2.94. The normalized spacial score (nSPS) is 10.7. The smallest absolute Gasteiger partial charge is 0.276 e. The van der Waals surface area contributed by atoms with E-state index in [-0.39, 0.29) is 23.5 Å². The maximum Gasteiger partial charge on any atom is 0.276 e. The number of fused-ring (bicyclic) bond motifs is 1. The number of nitro benzene ring substituents is 2. The summed E-state index contributed by atoms with van der Waals surface area (Å²) in [6.07, 6.45) is 0. The van der Waals surface area contributed by atoms with Crippen LogP contribution in [0.4, 0.5) is 11.4 Å². The largest absolute Gasteiger partial charge is 0.390 e. The lowest BCUT2D eigenvalue weighted by atomic mass is 10.2. The van der Waals surface area contributed by atoms with E-state index in [1.54, 1.807) is 18.2 Å². The van der Waals surface area contributed by atoms with Crippen molar-refractivity contribution in [1.82, 2.24) is 15.2 Å². The third-order valence-corrected chi connectivity index (χ3v) is 3.61. The molecule has 0 fully saturated rings. The Morgan fingerprint density at radius 1 is 1.08 bits per heavy atom. The molecule has 0 radical (unpaired) electrons. The summed E-state index contributed by atoms with van der Waals surface area (Å²) in [5, 5.41) is 29.5. The number of benzene rings is 2. The molecule has 122 valence electrons. The third kappa shape index (κ3) is 3.15. The SMILES string of the molecule is O=[N+]([O-])c1cc(COn2nnc3ccc(Br)cc32)cc([N+](=O)[O-])c1. The first kappa shape index (κ1) is 15.8. The van der Waals surface area contributed by atoms with E-state index in [2.05, 4.69) is 26.2 Å². The zero-order valence-electron chi connectivity index (χ0n) is 11.8. The van der Waals surface area contributed by atoms with Gasteiger partial charge < -0.3 is 4.84 Å². The van der Waals surface area contributed by atoms with Gasteiger partial charge in [0.2, 0.25) is 0 Å². The van der Waals surface area contributed by atoms with Crippen LogP contribution in [0.2, 0.25) is 0 Å². The molecule has 0 bridgehead atoms. The van der Waals surface area contributed by atoms with Crippen LogP contribution >= 0.6 is 15.9 Å². The summed E-state index contributed by atoms with van der Waals surface area (Å²) in [5.74, 6) is 0. The van der Waals surface area contributed by atoms with Crippen molar-refractivity contribution in [3.8, 4) is 0 Å². The summed E-state index contributed by atoms with van der Waals surface area (Å²) >= 11 is 3.32. The predicted octanol–water partition coefficient (Wildman–Crippen LogP) is 2.64. The second kappa shape index (κ2) is 6.20. The molecule has 0 aliphatic carbocycles. The summed E-state index contributed by atoms with van der Waals surface area (Å²) in [7, 11) is 0. The van der Waals surface area contributed by atoms with Gasteiger partial charge in [-0.25, -0.2) is 0 Å². The third-order valence-electron chi connectivity index (χ3n) is 3.11. The first-order valence-corrected chi connectivity index (χ1v) is 7.30. The molecule has 0 saturated carbocycles. The molecule has 11 heteroatoms. The van der Waals surface area contributed by atoms with Crippen LogP contribution in [0.3, 0.4) is 0 Å². The van der Waals surface area contributed by atoms with Gasteiger partial charge in [-0.15, -0.1) is 5.10 Å². The van der Waals surface area contributed by atoms with Gasteiger partial charge in [0.15, 0.2) is 0 Å². The van der Waals surface area contributed by atoms with Crippen molar-refractivity contribution >= 4 is 38.3 Å². The summed E-state index contributed by atoms with van der Waals surface area (Å²) in [4.78, 5) is 27.0. The number of aromatic nitrogens is 3. The molecule has 0 aliphatic rings. The van der Waals surface area contributed by atoms with Crippen molar-refractivity contribution < 1.29 is 14.7 Å². The minimum atomic E-state index is -0.696. The summed E-state index contributed by atoms with van der Waals surface area (Å²) in [6, 6.07) is 8.59. The van der Waals surface area contributed by atoms with E-state index in [1.165, 1.54) is 12.1 Å². The number of nitro groups is 2. The Morgan fingerprint density at radius 2 is 1.75 bits per heavy atom. The molecule has 0 atom stereocenters. The number of hydrogen-bond acceptors (Lipinski definition) is 7. The topological polar surface area (TPSA) is 126 Å². The van der Waals surface area contributed by atoms with Crippen LogP contribution in [0, 0.1) is 20.2 Å². The molecule has 0 N–H and O–H groups in total. The summed E-state index contributed by atoms with van der Waals surface area (Å²) in [5.41, 5.74) is 0.699. The number of hydrogen-bond donors (Lipinski definition) is 0. The molecule has 2 aromatic carbocycles. The molecule has 0 unspecified atom stereocenters. The number of non-ortho nitro benzene ring substituents is 2. The Balaban J connectivity index is 1.89. The monoisotopic (exact) mass is 393 g/mol. The number of rotatable bonds is 5. The van der Waals surface area contributed by atoms with Crippen molar-refractivity contribution in [2.75, 3.05) is 0 Å². The molecule has 0 spiro atoms. The molecule has 3 rings (SSSR count). The lowest BCUT2D eigenvalue weighted by Crippen LogP contribution is -2.13. The molecule has 1 heterocycles. The molecule has 0 aliphatic heterocycles. The molecule has 3 aromatic rings. The van der Waals surface area contributed by atoms with Gasteiger partial charge in [-0.3, -0.25) is 20.2 Å². The minimum absolute atomic E-state index is 0.145. The Hall–Kier alpha value is -3.08. The van der Waals surface area contributed by atoms with Crippen LogP contribution < -0.4 is 4.84 Å².